The van der Waals surface area contributed by atoms with Crippen LogP contribution in [0.1, 0.15) is 56.8 Å². The number of carboxylic acids is 1. The Morgan fingerprint density at radius 3 is 2.00 bits per heavy atom. The van der Waals surface area contributed by atoms with Crippen LogP contribution in [0.5, 0.6) is 5.75 Å². The molecule has 0 aliphatic heterocycles. The first-order valence-corrected chi connectivity index (χ1v) is 9.52. The first-order chi connectivity index (χ1) is 12.5. The molecule has 0 aliphatic rings. The Kier molecular flexibility index (Phi) is 7.71. The van der Waals surface area contributed by atoms with Gasteiger partial charge >= 0.3 is 5.97 Å². The molecule has 0 spiro atoms. The smallest absolute Gasteiger partial charge is 0.335 e. The van der Waals surface area contributed by atoms with Crippen molar-refractivity contribution in [3.8, 4) is 16.9 Å². The minimum Gasteiger partial charge on any atom is -0.494 e. The Morgan fingerprint density at radius 1 is 0.885 bits per heavy atom. The van der Waals surface area contributed by atoms with Crippen molar-refractivity contribution < 1.29 is 14.6 Å². The largest absolute Gasteiger partial charge is 0.494 e. The van der Waals surface area contributed by atoms with Crippen molar-refractivity contribution in [2.45, 2.75) is 46.5 Å². The van der Waals surface area contributed by atoms with Crippen LogP contribution in [0, 0.1) is 11.8 Å². The molecule has 0 fully saturated rings. The molecule has 0 bridgehead atoms. The highest BCUT2D eigenvalue weighted by Gasteiger charge is 2.05. The fourth-order valence-electron chi connectivity index (χ4n) is 2.95. The monoisotopic (exact) mass is 354 g/mol. The third kappa shape index (κ3) is 6.55. The second kappa shape index (κ2) is 10.0. The van der Waals surface area contributed by atoms with Gasteiger partial charge in [0.1, 0.15) is 5.75 Å². The van der Waals surface area contributed by atoms with Crippen LogP contribution in [0.3, 0.4) is 0 Å². The molecule has 0 aromatic heterocycles. The predicted molar refractivity (Wildman–Crippen MR) is 107 cm³/mol. The zero-order valence-electron chi connectivity index (χ0n) is 16.1. The number of carboxylic acid groups (broad SMARTS) is 1. The Morgan fingerprint density at radius 2 is 1.46 bits per heavy atom. The summed E-state index contributed by atoms with van der Waals surface area (Å²) < 4.78 is 5.87. The summed E-state index contributed by atoms with van der Waals surface area (Å²) >= 11 is 0. The van der Waals surface area contributed by atoms with Crippen LogP contribution in [-0.2, 0) is 0 Å². The molecule has 2 rings (SSSR count). The summed E-state index contributed by atoms with van der Waals surface area (Å²) in [5, 5.41) is 8.96. The van der Waals surface area contributed by atoms with E-state index in [0.717, 1.165) is 35.8 Å². The molecule has 26 heavy (non-hydrogen) atoms. The zero-order chi connectivity index (χ0) is 18.9. The van der Waals surface area contributed by atoms with Gasteiger partial charge in [-0.25, -0.2) is 4.79 Å². The highest BCUT2D eigenvalue weighted by Crippen LogP contribution is 2.23. The quantitative estimate of drug-likeness (QED) is 0.546. The highest BCUT2D eigenvalue weighted by molar-refractivity contribution is 5.88. The standard InChI is InChI=1S/C23H30O3/c1-17(2)5-4-6-18(3)15-16-26-22-13-11-20(12-14-22)19-7-9-21(10-8-19)23(24)25/h7-14,17-18H,4-6,15-16H2,1-3H3,(H,24,25). The van der Waals surface area contributed by atoms with Crippen molar-refractivity contribution in [1.29, 1.82) is 0 Å². The van der Waals surface area contributed by atoms with Gasteiger partial charge in [0, 0.05) is 0 Å². The summed E-state index contributed by atoms with van der Waals surface area (Å²) in [7, 11) is 0. The topological polar surface area (TPSA) is 46.5 Å². The molecule has 1 atom stereocenters. The van der Waals surface area contributed by atoms with Crippen LogP contribution in [0.4, 0.5) is 0 Å². The fraction of sp³-hybridized carbons (Fsp3) is 0.435. The lowest BCUT2D eigenvalue weighted by Gasteiger charge is -2.13. The number of hydrogen-bond donors (Lipinski definition) is 1. The van der Waals surface area contributed by atoms with Gasteiger partial charge in [0.2, 0.25) is 0 Å². The number of hydrogen-bond acceptors (Lipinski definition) is 2. The maximum Gasteiger partial charge on any atom is 0.335 e. The molecule has 140 valence electrons. The van der Waals surface area contributed by atoms with Gasteiger partial charge in [-0.05, 0) is 53.6 Å². The highest BCUT2D eigenvalue weighted by atomic mass is 16.5. The molecular formula is C23H30O3. The number of ether oxygens (including phenoxy) is 1. The van der Waals surface area contributed by atoms with E-state index < -0.39 is 5.97 Å². The Bertz CT molecular complexity index is 672. The molecule has 0 aliphatic carbocycles. The Hall–Kier alpha value is -2.29. The van der Waals surface area contributed by atoms with E-state index in [-0.39, 0.29) is 0 Å². The van der Waals surface area contributed by atoms with Crippen LogP contribution < -0.4 is 4.74 Å². The minimum absolute atomic E-state index is 0.302. The summed E-state index contributed by atoms with van der Waals surface area (Å²) in [6.07, 6.45) is 4.96. The summed E-state index contributed by atoms with van der Waals surface area (Å²) in [6, 6.07) is 14.9. The van der Waals surface area contributed by atoms with Crippen LogP contribution in [0.2, 0.25) is 0 Å². The van der Waals surface area contributed by atoms with Gasteiger partial charge in [0.25, 0.3) is 0 Å². The first kappa shape index (κ1) is 20.0. The van der Waals surface area contributed by atoms with Gasteiger partial charge in [-0.3, -0.25) is 0 Å². The average molecular weight is 354 g/mol. The molecule has 0 radical (unpaired) electrons. The molecule has 0 saturated carbocycles. The van der Waals surface area contributed by atoms with Crippen molar-refractivity contribution in [3.05, 3.63) is 54.1 Å². The van der Waals surface area contributed by atoms with Crippen molar-refractivity contribution in [2.24, 2.45) is 11.8 Å². The van der Waals surface area contributed by atoms with Crippen LogP contribution in [0.25, 0.3) is 11.1 Å². The van der Waals surface area contributed by atoms with E-state index >= 15 is 0 Å². The molecule has 0 saturated heterocycles. The van der Waals surface area contributed by atoms with Gasteiger partial charge in [0.15, 0.2) is 0 Å². The van der Waals surface area contributed by atoms with Gasteiger partial charge in [0.05, 0.1) is 12.2 Å². The third-order valence-electron chi connectivity index (χ3n) is 4.68. The molecule has 3 nitrogen and oxygen atoms in total. The van der Waals surface area contributed by atoms with Gasteiger partial charge < -0.3 is 9.84 Å². The zero-order valence-corrected chi connectivity index (χ0v) is 16.1. The van der Waals surface area contributed by atoms with E-state index in [1.165, 1.54) is 19.3 Å². The lowest BCUT2D eigenvalue weighted by atomic mass is 9.98. The van der Waals surface area contributed by atoms with E-state index in [4.69, 9.17) is 9.84 Å². The molecular weight excluding hydrogens is 324 g/mol. The molecule has 0 heterocycles. The van der Waals surface area contributed by atoms with Crippen LogP contribution in [-0.4, -0.2) is 17.7 Å². The van der Waals surface area contributed by atoms with E-state index in [1.54, 1.807) is 12.1 Å². The number of aromatic carboxylic acids is 1. The third-order valence-corrected chi connectivity index (χ3v) is 4.68. The molecule has 2 aromatic rings. The second-order valence-corrected chi connectivity index (χ2v) is 7.47. The van der Waals surface area contributed by atoms with E-state index in [1.807, 2.05) is 36.4 Å². The van der Waals surface area contributed by atoms with E-state index in [2.05, 4.69) is 20.8 Å². The minimum atomic E-state index is -0.904. The summed E-state index contributed by atoms with van der Waals surface area (Å²) in [6.45, 7) is 7.60. The molecule has 1 unspecified atom stereocenters. The van der Waals surface area contributed by atoms with Crippen LogP contribution in [0.15, 0.2) is 48.5 Å². The van der Waals surface area contributed by atoms with Gasteiger partial charge in [-0.1, -0.05) is 64.3 Å². The SMILES string of the molecule is CC(C)CCCC(C)CCOc1ccc(-c2ccc(C(=O)O)cc2)cc1. The van der Waals surface area contributed by atoms with Gasteiger partial charge in [-0.15, -0.1) is 0 Å². The first-order valence-electron chi connectivity index (χ1n) is 9.52. The summed E-state index contributed by atoms with van der Waals surface area (Å²) in [5.41, 5.74) is 2.35. The summed E-state index contributed by atoms with van der Waals surface area (Å²) in [4.78, 5) is 10.9. The molecule has 1 N–H and O–H groups in total. The van der Waals surface area contributed by atoms with Crippen molar-refractivity contribution in [2.75, 3.05) is 6.61 Å². The predicted octanol–water partition coefficient (Wildman–Crippen LogP) is 6.28. The molecule has 0 amide bonds. The van der Waals surface area contributed by atoms with E-state index in [9.17, 15) is 4.79 Å². The number of benzene rings is 2. The second-order valence-electron chi connectivity index (χ2n) is 7.47. The maximum absolute atomic E-state index is 10.9. The number of rotatable bonds is 10. The lowest BCUT2D eigenvalue weighted by Crippen LogP contribution is -2.04. The van der Waals surface area contributed by atoms with Crippen molar-refractivity contribution in [1.82, 2.24) is 0 Å². The Labute approximate surface area is 157 Å². The average Bonchev–Trinajstić information content (AvgIpc) is 2.62. The molecule has 2 aromatic carbocycles. The number of carbonyl (C=O) groups is 1. The Balaban J connectivity index is 1.79. The molecule has 3 heteroatoms. The van der Waals surface area contributed by atoms with Crippen molar-refractivity contribution in [3.63, 3.8) is 0 Å². The van der Waals surface area contributed by atoms with Crippen LogP contribution >= 0.6 is 0 Å². The summed E-state index contributed by atoms with van der Waals surface area (Å²) in [5.74, 6) is 1.46. The van der Waals surface area contributed by atoms with Gasteiger partial charge in [-0.2, -0.15) is 0 Å². The normalized spacial score (nSPS) is 12.2. The lowest BCUT2D eigenvalue weighted by molar-refractivity contribution is 0.0697. The van der Waals surface area contributed by atoms with E-state index in [0.29, 0.717) is 11.5 Å². The van der Waals surface area contributed by atoms with Crippen molar-refractivity contribution >= 4 is 5.97 Å². The fourth-order valence-corrected chi connectivity index (χ4v) is 2.95. The maximum atomic E-state index is 10.9.